The number of nitrogens with zero attached hydrogens (tertiary/aromatic N) is 3. The highest BCUT2D eigenvalue weighted by molar-refractivity contribution is 6.04. The minimum atomic E-state index is -0.254. The Hall–Kier alpha value is -3.54. The zero-order chi connectivity index (χ0) is 22.0. The quantitative estimate of drug-likeness (QED) is 0.641. The molecule has 1 N–H and O–H groups in total. The van der Waals surface area contributed by atoms with Crippen molar-refractivity contribution in [1.29, 1.82) is 0 Å². The molecule has 3 heterocycles. The van der Waals surface area contributed by atoms with Gasteiger partial charge in [0.05, 0.1) is 11.4 Å². The van der Waals surface area contributed by atoms with E-state index in [0.29, 0.717) is 11.5 Å². The highest BCUT2D eigenvalue weighted by Gasteiger charge is 2.22. The zero-order valence-electron chi connectivity index (χ0n) is 18.3. The normalized spacial score (nSPS) is 13.9. The van der Waals surface area contributed by atoms with Gasteiger partial charge in [-0.2, -0.15) is 0 Å². The van der Waals surface area contributed by atoms with Crippen molar-refractivity contribution in [1.82, 2.24) is 4.98 Å². The second kappa shape index (κ2) is 8.68. The zero-order valence-corrected chi connectivity index (χ0v) is 18.3. The third-order valence-electron chi connectivity index (χ3n) is 5.60. The number of anilines is 3. The molecule has 1 fully saturated rings. The number of aryl methyl sites for hydroxylation is 2. The van der Waals surface area contributed by atoms with Crippen LogP contribution in [-0.2, 0) is 0 Å². The maximum Gasteiger partial charge on any atom is 0.291 e. The standard InChI is InChI=1S/C25H28N4O2/c1-17(2)20-8-9-22(21(16-20)27-25(30)23-10-7-19(4)31-23)28-12-14-29(15-13-28)24-18(3)6-5-11-26-24/h5-11,16H,1,12-15H2,2-4H3,(H,27,30). The van der Waals surface area contributed by atoms with Crippen LogP contribution in [0.3, 0.4) is 0 Å². The lowest BCUT2D eigenvalue weighted by Crippen LogP contribution is -2.47. The molecule has 1 aliphatic heterocycles. The summed E-state index contributed by atoms with van der Waals surface area (Å²) in [5, 5.41) is 3.04. The average Bonchev–Trinajstić information content (AvgIpc) is 3.21. The molecule has 0 spiro atoms. The summed E-state index contributed by atoms with van der Waals surface area (Å²) in [6.45, 7) is 13.3. The number of benzene rings is 1. The van der Waals surface area contributed by atoms with Crippen LogP contribution in [0.1, 0.15) is 34.4 Å². The van der Waals surface area contributed by atoms with E-state index in [1.165, 1.54) is 5.56 Å². The van der Waals surface area contributed by atoms with Gasteiger partial charge in [-0.25, -0.2) is 4.98 Å². The van der Waals surface area contributed by atoms with Crippen molar-refractivity contribution in [3.63, 3.8) is 0 Å². The summed E-state index contributed by atoms with van der Waals surface area (Å²) in [7, 11) is 0. The Balaban J connectivity index is 1.56. The molecule has 0 bridgehead atoms. The third kappa shape index (κ3) is 4.48. The number of piperazine rings is 1. The number of amides is 1. The van der Waals surface area contributed by atoms with Crippen LogP contribution in [0, 0.1) is 13.8 Å². The number of furan rings is 1. The van der Waals surface area contributed by atoms with Crippen molar-refractivity contribution < 1.29 is 9.21 Å². The van der Waals surface area contributed by atoms with Crippen LogP contribution in [0.15, 0.2) is 59.7 Å². The molecule has 1 saturated heterocycles. The molecular formula is C25H28N4O2. The number of pyridine rings is 1. The molecule has 2 aromatic heterocycles. The van der Waals surface area contributed by atoms with Crippen molar-refractivity contribution in [2.24, 2.45) is 0 Å². The fraction of sp³-hybridized carbons (Fsp3) is 0.280. The van der Waals surface area contributed by atoms with Crippen LogP contribution in [0.5, 0.6) is 0 Å². The summed E-state index contributed by atoms with van der Waals surface area (Å²) >= 11 is 0. The molecule has 6 heteroatoms. The van der Waals surface area contributed by atoms with E-state index in [0.717, 1.165) is 54.5 Å². The molecular weight excluding hydrogens is 388 g/mol. The second-order valence-corrected chi connectivity index (χ2v) is 7.99. The molecule has 4 rings (SSSR count). The number of hydrogen-bond donors (Lipinski definition) is 1. The Kier molecular flexibility index (Phi) is 5.80. The smallest absolute Gasteiger partial charge is 0.291 e. The lowest BCUT2D eigenvalue weighted by molar-refractivity contribution is 0.0995. The van der Waals surface area contributed by atoms with Gasteiger partial charge in [-0.05, 0) is 62.2 Å². The van der Waals surface area contributed by atoms with Gasteiger partial charge in [-0.15, -0.1) is 0 Å². The molecule has 0 radical (unpaired) electrons. The number of nitrogens with one attached hydrogen (secondary N) is 1. The van der Waals surface area contributed by atoms with Crippen LogP contribution in [0.25, 0.3) is 5.57 Å². The molecule has 0 saturated carbocycles. The van der Waals surface area contributed by atoms with Crippen molar-refractivity contribution in [3.05, 3.63) is 77.9 Å². The van der Waals surface area contributed by atoms with Gasteiger partial charge in [0.25, 0.3) is 5.91 Å². The summed E-state index contributed by atoms with van der Waals surface area (Å²) < 4.78 is 5.50. The maximum atomic E-state index is 12.8. The lowest BCUT2D eigenvalue weighted by Gasteiger charge is -2.38. The van der Waals surface area contributed by atoms with E-state index >= 15 is 0 Å². The molecule has 1 aliphatic rings. The molecule has 31 heavy (non-hydrogen) atoms. The van der Waals surface area contributed by atoms with Gasteiger partial charge in [-0.1, -0.05) is 24.3 Å². The minimum absolute atomic E-state index is 0.254. The van der Waals surface area contributed by atoms with Crippen molar-refractivity contribution in [3.8, 4) is 0 Å². The maximum absolute atomic E-state index is 12.8. The number of carbonyl (C=O) groups is 1. The number of rotatable bonds is 5. The first-order chi connectivity index (χ1) is 14.9. The van der Waals surface area contributed by atoms with Crippen molar-refractivity contribution in [2.45, 2.75) is 20.8 Å². The highest BCUT2D eigenvalue weighted by atomic mass is 16.3. The van der Waals surface area contributed by atoms with E-state index in [1.807, 2.05) is 32.2 Å². The Labute approximate surface area is 183 Å². The van der Waals surface area contributed by atoms with Gasteiger partial charge in [0.1, 0.15) is 11.6 Å². The fourth-order valence-corrected chi connectivity index (χ4v) is 3.89. The average molecular weight is 417 g/mol. The van der Waals surface area contributed by atoms with Gasteiger partial charge < -0.3 is 19.5 Å². The summed E-state index contributed by atoms with van der Waals surface area (Å²) in [4.78, 5) is 21.9. The lowest BCUT2D eigenvalue weighted by atomic mass is 10.1. The van der Waals surface area contributed by atoms with E-state index in [4.69, 9.17) is 4.42 Å². The SMILES string of the molecule is C=C(C)c1ccc(N2CCN(c3ncccc3C)CC2)c(NC(=O)c2ccc(C)o2)c1. The highest BCUT2D eigenvalue weighted by Crippen LogP contribution is 2.31. The van der Waals surface area contributed by atoms with E-state index in [1.54, 1.807) is 12.1 Å². The van der Waals surface area contributed by atoms with E-state index in [9.17, 15) is 4.79 Å². The van der Waals surface area contributed by atoms with Crippen molar-refractivity contribution >= 4 is 28.7 Å². The first-order valence-corrected chi connectivity index (χ1v) is 10.5. The molecule has 160 valence electrons. The Bertz CT molecular complexity index is 1110. The van der Waals surface area contributed by atoms with Crippen LogP contribution in [0.2, 0.25) is 0 Å². The number of allylic oxidation sites excluding steroid dienone is 1. The Morgan fingerprint density at radius 2 is 1.81 bits per heavy atom. The van der Waals surface area contributed by atoms with Gasteiger partial charge >= 0.3 is 0 Å². The molecule has 3 aromatic rings. The molecule has 1 amide bonds. The predicted molar refractivity (Wildman–Crippen MR) is 126 cm³/mol. The van der Waals surface area contributed by atoms with Crippen LogP contribution in [0.4, 0.5) is 17.2 Å². The van der Waals surface area contributed by atoms with Crippen LogP contribution in [-0.4, -0.2) is 37.1 Å². The molecule has 0 unspecified atom stereocenters. The van der Waals surface area contributed by atoms with Crippen LogP contribution < -0.4 is 15.1 Å². The van der Waals surface area contributed by atoms with Gasteiger partial charge in [-0.3, -0.25) is 4.79 Å². The summed E-state index contributed by atoms with van der Waals surface area (Å²) in [6, 6.07) is 13.7. The predicted octanol–water partition coefficient (Wildman–Crippen LogP) is 4.90. The summed E-state index contributed by atoms with van der Waals surface area (Å²) in [5.74, 6) is 1.80. The topological polar surface area (TPSA) is 61.6 Å². The van der Waals surface area contributed by atoms with Crippen LogP contribution >= 0.6 is 0 Å². The molecule has 1 aromatic carbocycles. The monoisotopic (exact) mass is 416 g/mol. The molecule has 0 aliphatic carbocycles. The van der Waals surface area contributed by atoms with Crippen molar-refractivity contribution in [2.75, 3.05) is 41.3 Å². The first kappa shape index (κ1) is 20.7. The van der Waals surface area contributed by atoms with Gasteiger partial charge in [0.15, 0.2) is 5.76 Å². The number of aromatic nitrogens is 1. The summed E-state index contributed by atoms with van der Waals surface area (Å²) in [5.41, 5.74) is 4.90. The minimum Gasteiger partial charge on any atom is -0.456 e. The fourth-order valence-electron chi connectivity index (χ4n) is 3.89. The van der Waals surface area contributed by atoms with E-state index < -0.39 is 0 Å². The second-order valence-electron chi connectivity index (χ2n) is 7.99. The Morgan fingerprint density at radius 1 is 1.06 bits per heavy atom. The summed E-state index contributed by atoms with van der Waals surface area (Å²) in [6.07, 6.45) is 1.84. The molecule has 0 atom stereocenters. The van der Waals surface area contributed by atoms with E-state index in [-0.39, 0.29) is 5.91 Å². The third-order valence-corrected chi connectivity index (χ3v) is 5.60. The van der Waals surface area contributed by atoms with Gasteiger partial charge in [0, 0.05) is 32.4 Å². The van der Waals surface area contributed by atoms with E-state index in [2.05, 4.69) is 51.8 Å². The number of hydrogen-bond acceptors (Lipinski definition) is 5. The van der Waals surface area contributed by atoms with Gasteiger partial charge in [0.2, 0.25) is 0 Å². The first-order valence-electron chi connectivity index (χ1n) is 10.5. The largest absolute Gasteiger partial charge is 0.456 e. The molecule has 6 nitrogen and oxygen atoms in total. The number of carbonyl (C=O) groups excluding carboxylic acids is 1. The Morgan fingerprint density at radius 3 is 2.45 bits per heavy atom.